The van der Waals surface area contributed by atoms with E-state index in [2.05, 4.69) is 5.32 Å². The lowest BCUT2D eigenvalue weighted by Crippen LogP contribution is -2.49. The summed E-state index contributed by atoms with van der Waals surface area (Å²) in [6.07, 6.45) is -5.62. The number of carbonyl (C=O) groups excluding carboxylic acids is 2. The maximum atomic E-state index is 12.5. The maximum Gasteiger partial charge on any atom is 0.416 e. The molecule has 0 unspecified atom stereocenters. The number of hydrogen-bond donors (Lipinski definition) is 3. The SMILES string of the molecule is CC[C@@H](C)[C@H](NC(=O)[C@@H](O)c1ccc(C(F)(F)F)cc1)C(N)=O. The van der Waals surface area contributed by atoms with Crippen LogP contribution in [0, 0.1) is 5.92 Å². The van der Waals surface area contributed by atoms with Gasteiger partial charge in [0, 0.05) is 0 Å². The van der Waals surface area contributed by atoms with Crippen LogP contribution < -0.4 is 11.1 Å². The zero-order chi connectivity index (χ0) is 17.8. The lowest BCUT2D eigenvalue weighted by Gasteiger charge is -2.22. The van der Waals surface area contributed by atoms with Gasteiger partial charge in [0.05, 0.1) is 5.56 Å². The number of primary amides is 1. The fourth-order valence-corrected chi connectivity index (χ4v) is 1.97. The third-order valence-electron chi connectivity index (χ3n) is 3.62. The van der Waals surface area contributed by atoms with E-state index in [1.807, 2.05) is 0 Å². The predicted octanol–water partition coefficient (Wildman–Crippen LogP) is 1.76. The second-order valence-corrected chi connectivity index (χ2v) is 5.30. The summed E-state index contributed by atoms with van der Waals surface area (Å²) in [7, 11) is 0. The van der Waals surface area contributed by atoms with Crippen molar-refractivity contribution in [2.24, 2.45) is 11.7 Å². The number of amides is 2. The summed E-state index contributed by atoms with van der Waals surface area (Å²) >= 11 is 0. The molecule has 0 spiro atoms. The molecule has 128 valence electrons. The molecule has 0 radical (unpaired) electrons. The predicted molar refractivity (Wildman–Crippen MR) is 77.0 cm³/mol. The number of aliphatic hydroxyl groups excluding tert-OH is 1. The number of alkyl halides is 3. The van der Waals surface area contributed by atoms with Gasteiger partial charge in [0.15, 0.2) is 6.10 Å². The van der Waals surface area contributed by atoms with Crippen LogP contribution in [0.2, 0.25) is 0 Å². The molecule has 0 aliphatic heterocycles. The summed E-state index contributed by atoms with van der Waals surface area (Å²) in [5.41, 5.74) is 4.31. The second kappa shape index (κ2) is 7.45. The Morgan fingerprint density at radius 2 is 1.78 bits per heavy atom. The lowest BCUT2D eigenvalue weighted by molar-refractivity contribution is -0.137. The first-order valence-corrected chi connectivity index (χ1v) is 7.02. The second-order valence-electron chi connectivity index (χ2n) is 5.30. The van der Waals surface area contributed by atoms with Gasteiger partial charge in [0.25, 0.3) is 5.91 Å². The average Bonchev–Trinajstić information content (AvgIpc) is 2.49. The van der Waals surface area contributed by atoms with Crippen molar-refractivity contribution in [3.05, 3.63) is 35.4 Å². The fraction of sp³-hybridized carbons (Fsp3) is 0.467. The van der Waals surface area contributed by atoms with Gasteiger partial charge < -0.3 is 16.2 Å². The maximum absolute atomic E-state index is 12.5. The first-order chi connectivity index (χ1) is 10.6. The largest absolute Gasteiger partial charge is 0.416 e. The van der Waals surface area contributed by atoms with Crippen molar-refractivity contribution in [3.8, 4) is 0 Å². The minimum Gasteiger partial charge on any atom is -0.378 e. The van der Waals surface area contributed by atoms with E-state index in [1.165, 1.54) is 0 Å². The van der Waals surface area contributed by atoms with Crippen molar-refractivity contribution in [1.29, 1.82) is 0 Å². The zero-order valence-electron chi connectivity index (χ0n) is 12.7. The highest BCUT2D eigenvalue weighted by atomic mass is 19.4. The van der Waals surface area contributed by atoms with Crippen LogP contribution in [-0.2, 0) is 15.8 Å². The van der Waals surface area contributed by atoms with E-state index in [0.29, 0.717) is 6.42 Å². The summed E-state index contributed by atoms with van der Waals surface area (Å²) in [5, 5.41) is 12.2. The molecule has 2 amide bonds. The van der Waals surface area contributed by atoms with E-state index in [1.54, 1.807) is 13.8 Å². The number of nitrogens with two attached hydrogens (primary N) is 1. The molecule has 0 fully saturated rings. The summed E-state index contributed by atoms with van der Waals surface area (Å²) in [4.78, 5) is 23.3. The van der Waals surface area contributed by atoms with E-state index in [4.69, 9.17) is 5.73 Å². The van der Waals surface area contributed by atoms with Gasteiger partial charge in [-0.05, 0) is 23.6 Å². The Morgan fingerprint density at radius 1 is 1.26 bits per heavy atom. The van der Waals surface area contributed by atoms with Crippen LogP contribution in [0.1, 0.15) is 37.5 Å². The number of rotatable bonds is 6. The molecule has 1 rings (SSSR count). The van der Waals surface area contributed by atoms with Gasteiger partial charge in [0.2, 0.25) is 5.91 Å². The van der Waals surface area contributed by atoms with E-state index in [9.17, 15) is 27.9 Å². The number of aliphatic hydroxyl groups is 1. The summed E-state index contributed by atoms with van der Waals surface area (Å²) in [6, 6.07) is 2.60. The van der Waals surface area contributed by atoms with E-state index in [0.717, 1.165) is 24.3 Å². The molecular formula is C15H19F3N2O3. The molecule has 8 heteroatoms. The Hall–Kier alpha value is -2.09. The topological polar surface area (TPSA) is 92.4 Å². The molecule has 0 saturated heterocycles. The van der Waals surface area contributed by atoms with Crippen molar-refractivity contribution in [3.63, 3.8) is 0 Å². The summed E-state index contributed by atoms with van der Waals surface area (Å²) < 4.78 is 37.4. The van der Waals surface area contributed by atoms with Gasteiger partial charge in [0.1, 0.15) is 6.04 Å². The van der Waals surface area contributed by atoms with Gasteiger partial charge in [-0.2, -0.15) is 13.2 Å². The molecule has 1 aromatic rings. The first kappa shape index (κ1) is 19.0. The summed E-state index contributed by atoms with van der Waals surface area (Å²) in [5.74, 6) is -1.88. The smallest absolute Gasteiger partial charge is 0.378 e. The lowest BCUT2D eigenvalue weighted by atomic mass is 9.98. The average molecular weight is 332 g/mol. The van der Waals surface area contributed by atoms with Crippen LogP contribution >= 0.6 is 0 Å². The highest BCUT2D eigenvalue weighted by Crippen LogP contribution is 2.30. The van der Waals surface area contributed by atoms with Crippen LogP contribution in [0.3, 0.4) is 0 Å². The van der Waals surface area contributed by atoms with E-state index in [-0.39, 0.29) is 11.5 Å². The highest BCUT2D eigenvalue weighted by Gasteiger charge is 2.31. The molecule has 0 heterocycles. The van der Waals surface area contributed by atoms with Crippen LogP contribution in [-0.4, -0.2) is 23.0 Å². The van der Waals surface area contributed by atoms with Crippen LogP contribution in [0.5, 0.6) is 0 Å². The number of carbonyl (C=O) groups is 2. The Bertz CT molecular complexity index is 558. The van der Waals surface area contributed by atoms with Crippen LogP contribution in [0.4, 0.5) is 13.2 Å². The molecule has 0 aromatic heterocycles. The molecule has 0 bridgehead atoms. The summed E-state index contributed by atoms with van der Waals surface area (Å²) in [6.45, 7) is 3.51. The molecule has 0 saturated carbocycles. The number of hydrogen-bond acceptors (Lipinski definition) is 3. The number of halogens is 3. The first-order valence-electron chi connectivity index (χ1n) is 7.02. The van der Waals surface area contributed by atoms with Crippen LogP contribution in [0.15, 0.2) is 24.3 Å². The molecule has 0 aliphatic rings. The molecule has 0 aliphatic carbocycles. The Morgan fingerprint density at radius 3 is 2.17 bits per heavy atom. The minimum absolute atomic E-state index is 0.0112. The Labute approximate surface area is 131 Å². The molecule has 4 N–H and O–H groups in total. The van der Waals surface area contributed by atoms with Gasteiger partial charge in [-0.15, -0.1) is 0 Å². The molecular weight excluding hydrogens is 313 g/mol. The van der Waals surface area contributed by atoms with E-state index < -0.39 is 35.7 Å². The highest BCUT2D eigenvalue weighted by molar-refractivity contribution is 5.89. The Kier molecular flexibility index (Phi) is 6.14. The van der Waals surface area contributed by atoms with Crippen molar-refractivity contribution < 1.29 is 27.9 Å². The molecule has 1 aromatic carbocycles. The molecule has 23 heavy (non-hydrogen) atoms. The third kappa shape index (κ3) is 4.95. The van der Waals surface area contributed by atoms with E-state index >= 15 is 0 Å². The fourth-order valence-electron chi connectivity index (χ4n) is 1.97. The zero-order valence-corrected chi connectivity index (χ0v) is 12.7. The number of benzene rings is 1. The van der Waals surface area contributed by atoms with Crippen molar-refractivity contribution in [1.82, 2.24) is 5.32 Å². The van der Waals surface area contributed by atoms with Gasteiger partial charge in [-0.3, -0.25) is 9.59 Å². The van der Waals surface area contributed by atoms with Crippen molar-refractivity contribution >= 4 is 11.8 Å². The quantitative estimate of drug-likeness (QED) is 0.741. The minimum atomic E-state index is -4.50. The molecule has 3 atom stereocenters. The van der Waals surface area contributed by atoms with Crippen molar-refractivity contribution in [2.45, 2.75) is 38.6 Å². The monoisotopic (exact) mass is 332 g/mol. The van der Waals surface area contributed by atoms with Crippen LogP contribution in [0.25, 0.3) is 0 Å². The Balaban J connectivity index is 2.85. The molecule has 5 nitrogen and oxygen atoms in total. The van der Waals surface area contributed by atoms with Gasteiger partial charge in [-0.25, -0.2) is 0 Å². The van der Waals surface area contributed by atoms with Crippen molar-refractivity contribution in [2.75, 3.05) is 0 Å². The van der Waals surface area contributed by atoms with Gasteiger partial charge in [-0.1, -0.05) is 32.4 Å². The van der Waals surface area contributed by atoms with Gasteiger partial charge >= 0.3 is 6.18 Å². The number of nitrogens with one attached hydrogen (secondary N) is 1. The normalized spacial score (nSPS) is 15.6. The standard InChI is InChI=1S/C15H19F3N2O3/c1-3-8(2)11(13(19)22)20-14(23)12(21)9-4-6-10(7-5-9)15(16,17)18/h4-8,11-12,21H,3H2,1-2H3,(H2,19,22)(H,20,23)/t8-,11+,12+/m1/s1. The third-order valence-corrected chi connectivity index (χ3v) is 3.62.